The predicted octanol–water partition coefficient (Wildman–Crippen LogP) is 3.10. The summed E-state index contributed by atoms with van der Waals surface area (Å²) in [6.07, 6.45) is 4.63. The Morgan fingerprint density at radius 1 is 1.33 bits per heavy atom. The number of aliphatic imine (C=N–C) groups is 1. The van der Waals surface area contributed by atoms with Crippen molar-refractivity contribution < 1.29 is 4.52 Å². The highest BCUT2D eigenvalue weighted by atomic mass is 32.2. The van der Waals surface area contributed by atoms with E-state index in [1.54, 1.807) is 30.1 Å². The summed E-state index contributed by atoms with van der Waals surface area (Å²) in [6, 6.07) is 0. The van der Waals surface area contributed by atoms with Crippen LogP contribution in [0.2, 0.25) is 0 Å². The van der Waals surface area contributed by atoms with Crippen LogP contribution >= 0.6 is 23.1 Å². The van der Waals surface area contributed by atoms with Gasteiger partial charge in [-0.3, -0.25) is 4.99 Å². The fraction of sp³-hybridized carbons (Fsp3) is 0.562. The molecule has 0 saturated heterocycles. The summed E-state index contributed by atoms with van der Waals surface area (Å²) in [6.45, 7) is 5.73. The van der Waals surface area contributed by atoms with E-state index in [4.69, 9.17) is 4.52 Å². The molecule has 2 heterocycles. The Morgan fingerprint density at radius 3 is 2.88 bits per heavy atom. The van der Waals surface area contributed by atoms with Crippen LogP contribution < -0.4 is 10.6 Å². The minimum atomic E-state index is 0.684. The standard InChI is InChI=1S/C16H25N5OS2/c1-4-13-12(14(5-2)22-21-13)11-20-15(17-3)18-7-6-9-23-16-19-8-10-24-16/h8,10H,4-7,9,11H2,1-3H3,(H2,17,18,20). The van der Waals surface area contributed by atoms with Gasteiger partial charge >= 0.3 is 0 Å². The molecule has 0 atom stereocenters. The molecule has 8 heteroatoms. The molecule has 0 saturated carbocycles. The molecule has 2 N–H and O–H groups in total. The summed E-state index contributed by atoms with van der Waals surface area (Å²) >= 11 is 3.48. The van der Waals surface area contributed by atoms with Crippen LogP contribution in [-0.2, 0) is 19.4 Å². The maximum Gasteiger partial charge on any atom is 0.191 e. The Kier molecular flexibility index (Phi) is 8.11. The Labute approximate surface area is 151 Å². The van der Waals surface area contributed by atoms with Crippen LogP contribution in [0.15, 0.2) is 25.4 Å². The molecule has 0 aliphatic carbocycles. The van der Waals surface area contributed by atoms with Crippen molar-refractivity contribution >= 4 is 29.1 Å². The lowest BCUT2D eigenvalue weighted by Gasteiger charge is -2.12. The van der Waals surface area contributed by atoms with E-state index in [0.29, 0.717) is 6.54 Å². The SMILES string of the molecule is CCc1noc(CC)c1CNC(=NC)NCCCSc1nccs1. The topological polar surface area (TPSA) is 75.3 Å². The number of aryl methyl sites for hydroxylation is 2. The largest absolute Gasteiger partial charge is 0.361 e. The first-order chi connectivity index (χ1) is 11.8. The van der Waals surface area contributed by atoms with Crippen LogP contribution in [0.4, 0.5) is 0 Å². The summed E-state index contributed by atoms with van der Waals surface area (Å²) < 4.78 is 6.52. The van der Waals surface area contributed by atoms with Crippen molar-refractivity contribution in [3.63, 3.8) is 0 Å². The molecule has 0 fully saturated rings. The maximum absolute atomic E-state index is 5.39. The normalized spacial score (nSPS) is 11.7. The maximum atomic E-state index is 5.39. The molecule has 0 radical (unpaired) electrons. The fourth-order valence-electron chi connectivity index (χ4n) is 2.25. The second-order valence-corrected chi connectivity index (χ2v) is 7.33. The smallest absolute Gasteiger partial charge is 0.191 e. The summed E-state index contributed by atoms with van der Waals surface area (Å²) in [5.41, 5.74) is 2.18. The molecular formula is C16H25N5OS2. The minimum absolute atomic E-state index is 0.684. The number of nitrogens with one attached hydrogen (secondary N) is 2. The molecule has 0 unspecified atom stereocenters. The molecule has 0 aliphatic heterocycles. The Bertz CT molecular complexity index is 603. The molecule has 2 aromatic heterocycles. The van der Waals surface area contributed by atoms with E-state index in [9.17, 15) is 0 Å². The van der Waals surface area contributed by atoms with Crippen molar-refractivity contribution in [2.24, 2.45) is 4.99 Å². The van der Waals surface area contributed by atoms with Crippen molar-refractivity contribution in [3.05, 3.63) is 28.6 Å². The first-order valence-corrected chi connectivity index (χ1v) is 10.1. The summed E-state index contributed by atoms with van der Waals surface area (Å²) in [5.74, 6) is 2.80. The summed E-state index contributed by atoms with van der Waals surface area (Å²) in [7, 11) is 1.79. The first-order valence-electron chi connectivity index (χ1n) is 8.21. The zero-order valence-corrected chi connectivity index (χ0v) is 16.1. The van der Waals surface area contributed by atoms with E-state index in [0.717, 1.165) is 58.9 Å². The van der Waals surface area contributed by atoms with Crippen LogP contribution in [0.25, 0.3) is 0 Å². The molecule has 2 aromatic rings. The Balaban J connectivity index is 1.71. The third-order valence-corrected chi connectivity index (χ3v) is 5.56. The van der Waals surface area contributed by atoms with Crippen molar-refractivity contribution in [3.8, 4) is 0 Å². The van der Waals surface area contributed by atoms with E-state index in [1.807, 2.05) is 11.6 Å². The molecule has 24 heavy (non-hydrogen) atoms. The van der Waals surface area contributed by atoms with Crippen molar-refractivity contribution in [1.29, 1.82) is 0 Å². The highest BCUT2D eigenvalue weighted by Gasteiger charge is 2.13. The van der Waals surface area contributed by atoms with Crippen molar-refractivity contribution in [2.45, 2.75) is 44.0 Å². The summed E-state index contributed by atoms with van der Waals surface area (Å²) in [4.78, 5) is 8.54. The van der Waals surface area contributed by atoms with Gasteiger partial charge in [-0.1, -0.05) is 30.8 Å². The van der Waals surface area contributed by atoms with Crippen molar-refractivity contribution in [1.82, 2.24) is 20.8 Å². The van der Waals surface area contributed by atoms with Crippen molar-refractivity contribution in [2.75, 3.05) is 19.3 Å². The molecule has 0 spiro atoms. The highest BCUT2D eigenvalue weighted by Crippen LogP contribution is 2.20. The van der Waals surface area contributed by atoms with Crippen LogP contribution in [0.5, 0.6) is 0 Å². The number of thiazole rings is 1. The van der Waals surface area contributed by atoms with Gasteiger partial charge in [0.2, 0.25) is 0 Å². The first kappa shape index (κ1) is 18.8. The van der Waals surface area contributed by atoms with E-state index in [1.165, 1.54) is 0 Å². The summed E-state index contributed by atoms with van der Waals surface area (Å²) in [5, 5.41) is 12.8. The third-order valence-electron chi connectivity index (χ3n) is 3.51. The average molecular weight is 368 g/mol. The van der Waals surface area contributed by atoms with Gasteiger partial charge in [-0.25, -0.2) is 4.98 Å². The van der Waals surface area contributed by atoms with Gasteiger partial charge in [-0.15, -0.1) is 11.3 Å². The number of rotatable bonds is 9. The number of thioether (sulfide) groups is 1. The minimum Gasteiger partial charge on any atom is -0.361 e. The van der Waals surface area contributed by atoms with E-state index in [-0.39, 0.29) is 0 Å². The zero-order valence-electron chi connectivity index (χ0n) is 14.5. The number of hydrogen-bond donors (Lipinski definition) is 2. The molecule has 2 rings (SSSR count). The molecule has 0 aliphatic rings. The molecule has 0 aromatic carbocycles. The lowest BCUT2D eigenvalue weighted by molar-refractivity contribution is 0.380. The van der Waals surface area contributed by atoms with Crippen LogP contribution in [0, 0.1) is 0 Å². The number of aromatic nitrogens is 2. The van der Waals surface area contributed by atoms with Gasteiger partial charge in [-0.2, -0.15) is 0 Å². The van der Waals surface area contributed by atoms with Gasteiger partial charge in [0.1, 0.15) is 10.1 Å². The Hall–Kier alpha value is -1.54. The van der Waals surface area contributed by atoms with Gasteiger partial charge in [0.25, 0.3) is 0 Å². The zero-order chi connectivity index (χ0) is 17.2. The number of nitrogens with zero attached hydrogens (tertiary/aromatic N) is 3. The van der Waals surface area contributed by atoms with Gasteiger partial charge in [-0.05, 0) is 12.8 Å². The van der Waals surface area contributed by atoms with Crippen LogP contribution in [0.1, 0.15) is 37.3 Å². The van der Waals surface area contributed by atoms with E-state index in [2.05, 4.69) is 39.6 Å². The second-order valence-electron chi connectivity index (χ2n) is 5.09. The van der Waals surface area contributed by atoms with Gasteiger partial charge in [0.05, 0.1) is 5.69 Å². The quantitative estimate of drug-likeness (QED) is 0.307. The van der Waals surface area contributed by atoms with E-state index < -0.39 is 0 Å². The highest BCUT2D eigenvalue weighted by molar-refractivity contribution is 8.00. The second kappa shape index (κ2) is 10.4. The lowest BCUT2D eigenvalue weighted by Crippen LogP contribution is -2.37. The lowest BCUT2D eigenvalue weighted by atomic mass is 10.1. The molecule has 0 bridgehead atoms. The van der Waals surface area contributed by atoms with Crippen LogP contribution in [0.3, 0.4) is 0 Å². The van der Waals surface area contributed by atoms with Gasteiger partial charge < -0.3 is 15.2 Å². The fourth-order valence-corrected chi connectivity index (χ4v) is 3.90. The van der Waals surface area contributed by atoms with E-state index >= 15 is 0 Å². The Morgan fingerprint density at radius 2 is 2.21 bits per heavy atom. The predicted molar refractivity (Wildman–Crippen MR) is 101 cm³/mol. The number of hydrogen-bond acceptors (Lipinski definition) is 6. The van der Waals surface area contributed by atoms with Crippen LogP contribution in [-0.4, -0.2) is 35.4 Å². The third kappa shape index (κ3) is 5.52. The average Bonchev–Trinajstić information content (AvgIpc) is 3.26. The van der Waals surface area contributed by atoms with Gasteiger partial charge in [0, 0.05) is 49.5 Å². The molecule has 0 amide bonds. The number of guanidine groups is 1. The van der Waals surface area contributed by atoms with Gasteiger partial charge in [0.15, 0.2) is 5.96 Å². The monoisotopic (exact) mass is 367 g/mol. The molecular weight excluding hydrogens is 342 g/mol. The molecule has 6 nitrogen and oxygen atoms in total. The molecule has 132 valence electrons.